The number of halogens is 1. The number of anilines is 1. The standard InChI is InChI=1S/C22H30BrNO3/c1-13(2)18-8-5-14(3)11-20(18)27-22(26)15(4)24-19-9-7-17(23)12-16(19)6-10-21(24)25/h7,9,12-15,18,20H,5-6,8,10-11H2,1-4H3. The Hall–Kier alpha value is -1.36. The Balaban J connectivity index is 1.78. The van der Waals surface area contributed by atoms with Crippen molar-refractivity contribution in [1.29, 1.82) is 0 Å². The number of amides is 1. The molecular formula is C22H30BrNO3. The van der Waals surface area contributed by atoms with E-state index in [4.69, 9.17) is 4.74 Å². The van der Waals surface area contributed by atoms with Gasteiger partial charge >= 0.3 is 5.97 Å². The number of rotatable bonds is 4. The van der Waals surface area contributed by atoms with Crippen molar-refractivity contribution in [3.63, 3.8) is 0 Å². The molecule has 1 aromatic rings. The van der Waals surface area contributed by atoms with E-state index >= 15 is 0 Å². The molecule has 27 heavy (non-hydrogen) atoms. The predicted octanol–water partition coefficient (Wildman–Crippen LogP) is 5.12. The van der Waals surface area contributed by atoms with Gasteiger partial charge in [-0.1, -0.05) is 43.1 Å². The lowest BCUT2D eigenvalue weighted by molar-refractivity contribution is -0.158. The molecule has 4 unspecified atom stereocenters. The molecular weight excluding hydrogens is 406 g/mol. The maximum Gasteiger partial charge on any atom is 0.329 e. The molecule has 5 heteroatoms. The molecule has 4 atom stereocenters. The first kappa shape index (κ1) is 20.4. The summed E-state index contributed by atoms with van der Waals surface area (Å²) in [5, 5.41) is 0. The molecule has 0 aromatic heterocycles. The van der Waals surface area contributed by atoms with Gasteiger partial charge in [0.15, 0.2) is 0 Å². The van der Waals surface area contributed by atoms with Gasteiger partial charge in [0.25, 0.3) is 0 Å². The summed E-state index contributed by atoms with van der Waals surface area (Å²) in [5.41, 5.74) is 1.92. The quantitative estimate of drug-likeness (QED) is 0.616. The maximum absolute atomic E-state index is 13.0. The number of ether oxygens (including phenoxy) is 1. The lowest BCUT2D eigenvalue weighted by Crippen LogP contribution is -2.48. The van der Waals surface area contributed by atoms with Crippen LogP contribution in [0.3, 0.4) is 0 Å². The fourth-order valence-electron chi connectivity index (χ4n) is 4.51. The average molecular weight is 436 g/mol. The highest BCUT2D eigenvalue weighted by atomic mass is 79.9. The van der Waals surface area contributed by atoms with Crippen LogP contribution >= 0.6 is 15.9 Å². The summed E-state index contributed by atoms with van der Waals surface area (Å²) in [6.45, 7) is 8.41. The van der Waals surface area contributed by atoms with Crippen molar-refractivity contribution in [2.24, 2.45) is 17.8 Å². The van der Waals surface area contributed by atoms with Crippen molar-refractivity contribution in [1.82, 2.24) is 0 Å². The lowest BCUT2D eigenvalue weighted by Gasteiger charge is -2.38. The van der Waals surface area contributed by atoms with Crippen LogP contribution < -0.4 is 4.90 Å². The zero-order valence-electron chi connectivity index (χ0n) is 16.7. The van der Waals surface area contributed by atoms with Gasteiger partial charge in [0.2, 0.25) is 5.91 Å². The normalized spacial score (nSPS) is 26.7. The third-order valence-electron chi connectivity index (χ3n) is 6.14. The number of hydrogen-bond acceptors (Lipinski definition) is 3. The third-order valence-corrected chi connectivity index (χ3v) is 6.63. The molecule has 0 saturated heterocycles. The van der Waals surface area contributed by atoms with E-state index in [-0.39, 0.29) is 18.0 Å². The summed E-state index contributed by atoms with van der Waals surface area (Å²) in [7, 11) is 0. The monoisotopic (exact) mass is 435 g/mol. The summed E-state index contributed by atoms with van der Waals surface area (Å²) < 4.78 is 6.98. The van der Waals surface area contributed by atoms with E-state index in [0.717, 1.165) is 28.6 Å². The van der Waals surface area contributed by atoms with E-state index in [1.807, 2.05) is 18.2 Å². The molecule has 3 rings (SSSR count). The smallest absolute Gasteiger partial charge is 0.329 e. The number of carbonyl (C=O) groups is 2. The van der Waals surface area contributed by atoms with Crippen LogP contribution in [0.15, 0.2) is 22.7 Å². The molecule has 1 heterocycles. The van der Waals surface area contributed by atoms with Crippen LogP contribution in [0.5, 0.6) is 0 Å². The molecule has 1 amide bonds. The van der Waals surface area contributed by atoms with Crippen LogP contribution in [0.25, 0.3) is 0 Å². The number of esters is 1. The highest BCUT2D eigenvalue weighted by molar-refractivity contribution is 9.10. The summed E-state index contributed by atoms with van der Waals surface area (Å²) >= 11 is 3.49. The van der Waals surface area contributed by atoms with Gasteiger partial charge in [0, 0.05) is 16.6 Å². The van der Waals surface area contributed by atoms with Crippen LogP contribution in [0.1, 0.15) is 58.9 Å². The fourth-order valence-corrected chi connectivity index (χ4v) is 4.92. The number of hydrogen-bond donors (Lipinski definition) is 0. The summed E-state index contributed by atoms with van der Waals surface area (Å²) in [5.74, 6) is 1.16. The molecule has 1 saturated carbocycles. The lowest BCUT2D eigenvalue weighted by atomic mass is 9.75. The molecule has 0 N–H and O–H groups in total. The van der Waals surface area contributed by atoms with Gasteiger partial charge in [-0.25, -0.2) is 4.79 Å². The van der Waals surface area contributed by atoms with Crippen molar-refractivity contribution in [2.75, 3.05) is 4.90 Å². The summed E-state index contributed by atoms with van der Waals surface area (Å²) in [4.78, 5) is 27.2. The summed E-state index contributed by atoms with van der Waals surface area (Å²) in [6, 6.07) is 5.26. The van der Waals surface area contributed by atoms with Gasteiger partial charge in [0.1, 0.15) is 12.1 Å². The van der Waals surface area contributed by atoms with Crippen LogP contribution in [0, 0.1) is 17.8 Å². The number of aryl methyl sites for hydroxylation is 1. The Morgan fingerprint density at radius 3 is 2.67 bits per heavy atom. The average Bonchev–Trinajstić information content (AvgIpc) is 2.61. The molecule has 148 valence electrons. The molecule has 0 radical (unpaired) electrons. The van der Waals surface area contributed by atoms with Crippen molar-refractivity contribution < 1.29 is 14.3 Å². The number of fused-ring (bicyclic) bond motifs is 1. The fraction of sp³-hybridized carbons (Fsp3) is 0.636. The SMILES string of the molecule is CC1CCC(C(C)C)C(OC(=O)C(C)N2C(=O)CCc3cc(Br)ccc32)C1. The first-order chi connectivity index (χ1) is 12.8. The van der Waals surface area contributed by atoms with E-state index < -0.39 is 6.04 Å². The Morgan fingerprint density at radius 2 is 1.96 bits per heavy atom. The van der Waals surface area contributed by atoms with Gasteiger partial charge < -0.3 is 4.74 Å². The van der Waals surface area contributed by atoms with E-state index in [9.17, 15) is 9.59 Å². The number of benzene rings is 1. The Labute approximate surface area is 170 Å². The van der Waals surface area contributed by atoms with E-state index in [1.54, 1.807) is 11.8 Å². The first-order valence-electron chi connectivity index (χ1n) is 10.1. The highest BCUT2D eigenvalue weighted by Gasteiger charge is 2.37. The van der Waals surface area contributed by atoms with Crippen LogP contribution in [0.4, 0.5) is 5.69 Å². The largest absolute Gasteiger partial charge is 0.461 e. The predicted molar refractivity (Wildman–Crippen MR) is 111 cm³/mol. The van der Waals surface area contributed by atoms with Crippen molar-refractivity contribution in [3.8, 4) is 0 Å². The van der Waals surface area contributed by atoms with Gasteiger partial charge in [-0.3, -0.25) is 9.69 Å². The molecule has 1 aromatic carbocycles. The minimum absolute atomic E-state index is 0.00769. The van der Waals surface area contributed by atoms with Crippen molar-refractivity contribution in [3.05, 3.63) is 28.2 Å². The third kappa shape index (κ3) is 4.39. The Kier molecular flexibility index (Phi) is 6.29. The second-order valence-corrected chi connectivity index (χ2v) is 9.43. The van der Waals surface area contributed by atoms with Crippen molar-refractivity contribution >= 4 is 33.5 Å². The maximum atomic E-state index is 13.0. The van der Waals surface area contributed by atoms with Crippen LogP contribution in [-0.4, -0.2) is 24.0 Å². The zero-order chi connectivity index (χ0) is 19.7. The molecule has 2 aliphatic rings. The highest BCUT2D eigenvalue weighted by Crippen LogP contribution is 2.36. The topological polar surface area (TPSA) is 46.6 Å². The van der Waals surface area contributed by atoms with Crippen LogP contribution in [0.2, 0.25) is 0 Å². The number of nitrogens with zero attached hydrogens (tertiary/aromatic N) is 1. The zero-order valence-corrected chi connectivity index (χ0v) is 18.3. The van der Waals surface area contributed by atoms with Gasteiger partial charge in [-0.05, 0) is 67.7 Å². The molecule has 0 bridgehead atoms. The van der Waals surface area contributed by atoms with E-state index in [1.165, 1.54) is 6.42 Å². The van der Waals surface area contributed by atoms with Gasteiger partial charge in [0.05, 0.1) is 0 Å². The molecule has 1 aliphatic heterocycles. The van der Waals surface area contributed by atoms with Gasteiger partial charge in [-0.15, -0.1) is 0 Å². The molecule has 4 nitrogen and oxygen atoms in total. The molecule has 1 fully saturated rings. The molecule has 0 spiro atoms. The second-order valence-electron chi connectivity index (χ2n) is 8.51. The first-order valence-corrected chi connectivity index (χ1v) is 10.9. The second kappa shape index (κ2) is 8.34. The number of carbonyl (C=O) groups excluding carboxylic acids is 2. The van der Waals surface area contributed by atoms with E-state index in [2.05, 4.69) is 36.7 Å². The van der Waals surface area contributed by atoms with Crippen molar-refractivity contribution in [2.45, 2.75) is 71.9 Å². The van der Waals surface area contributed by atoms with Crippen LogP contribution in [-0.2, 0) is 20.7 Å². The Morgan fingerprint density at radius 1 is 1.22 bits per heavy atom. The minimum Gasteiger partial charge on any atom is -0.461 e. The minimum atomic E-state index is -0.609. The summed E-state index contributed by atoms with van der Waals surface area (Å²) in [6.07, 6.45) is 4.30. The van der Waals surface area contributed by atoms with Gasteiger partial charge in [-0.2, -0.15) is 0 Å². The van der Waals surface area contributed by atoms with E-state index in [0.29, 0.717) is 30.6 Å². The Bertz CT molecular complexity index is 718. The molecule has 1 aliphatic carbocycles.